The molecule has 0 saturated heterocycles. The molecule has 4 rings (SSSR count). The van der Waals surface area contributed by atoms with E-state index in [1.807, 2.05) is 6.20 Å². The Bertz CT molecular complexity index is 972. The van der Waals surface area contributed by atoms with Crippen molar-refractivity contribution in [2.45, 2.75) is 51.9 Å². The van der Waals surface area contributed by atoms with Gasteiger partial charge in [-0.15, -0.1) is 0 Å². The maximum atomic E-state index is 4.76. The minimum Gasteiger partial charge on any atom is -0.233 e. The number of hydrogen-bond donors (Lipinski definition) is 0. The number of halogens is 1. The molecule has 1 aliphatic carbocycles. The molecule has 0 unspecified atom stereocenters. The van der Waals surface area contributed by atoms with Gasteiger partial charge in [-0.1, -0.05) is 68.7 Å². The number of nitrogens with zero attached hydrogens (tertiary/aromatic N) is 2. The first-order chi connectivity index (χ1) is 12.2. The van der Waals surface area contributed by atoms with Crippen LogP contribution in [0.25, 0.3) is 16.9 Å². The molecule has 1 aliphatic rings. The van der Waals surface area contributed by atoms with E-state index >= 15 is 0 Å². The van der Waals surface area contributed by atoms with Gasteiger partial charge in [0.05, 0.1) is 17.6 Å². The van der Waals surface area contributed by atoms with Crippen LogP contribution in [0.1, 0.15) is 51.3 Å². The highest BCUT2D eigenvalue weighted by Crippen LogP contribution is 2.44. The van der Waals surface area contributed by atoms with Crippen LogP contribution in [0.15, 0.2) is 53.1 Å². The van der Waals surface area contributed by atoms with E-state index in [0.717, 1.165) is 16.6 Å². The van der Waals surface area contributed by atoms with Gasteiger partial charge in [0.2, 0.25) is 0 Å². The number of fused-ring (bicyclic) bond motifs is 3. The molecule has 0 atom stereocenters. The summed E-state index contributed by atoms with van der Waals surface area (Å²) >= 11 is 3.65. The van der Waals surface area contributed by atoms with E-state index in [1.54, 1.807) is 0 Å². The minimum absolute atomic E-state index is 0.118. The summed E-state index contributed by atoms with van der Waals surface area (Å²) in [6.07, 6.45) is 3.05. The summed E-state index contributed by atoms with van der Waals surface area (Å²) in [5.74, 6) is 0. The second-order valence-corrected chi connectivity index (χ2v) is 9.89. The molecule has 0 spiro atoms. The molecule has 0 radical (unpaired) electrons. The molecule has 2 aromatic carbocycles. The lowest BCUT2D eigenvalue weighted by Crippen LogP contribution is -2.25. The third-order valence-electron chi connectivity index (χ3n) is 5.42. The molecule has 1 heterocycles. The van der Waals surface area contributed by atoms with E-state index in [2.05, 4.69) is 97.7 Å². The monoisotopic (exact) mass is 408 g/mol. The maximum Gasteiger partial charge on any atom is 0.0776 e. The summed E-state index contributed by atoms with van der Waals surface area (Å²) in [7, 11) is 0. The fraction of sp³-hybridized carbons (Fsp3) is 0.348. The highest BCUT2D eigenvalue weighted by atomic mass is 79.9. The standard InChI is InChI=1S/C23H25BrN2/c1-22(2,3)16-6-9-18(10-7-16)26-21-15(14-25-26)13-23(4,5)20-11-8-17(24)12-19(20)21/h6-12,14H,13H2,1-5H3. The van der Waals surface area contributed by atoms with Crippen molar-refractivity contribution in [2.75, 3.05) is 0 Å². The first kappa shape index (κ1) is 17.5. The fourth-order valence-electron chi connectivity index (χ4n) is 3.97. The van der Waals surface area contributed by atoms with E-state index in [9.17, 15) is 0 Å². The zero-order valence-electron chi connectivity index (χ0n) is 16.1. The van der Waals surface area contributed by atoms with Crippen LogP contribution in [0.4, 0.5) is 0 Å². The Morgan fingerprint density at radius 1 is 1.04 bits per heavy atom. The molecular formula is C23H25BrN2. The summed E-state index contributed by atoms with van der Waals surface area (Å²) < 4.78 is 3.21. The third-order valence-corrected chi connectivity index (χ3v) is 5.91. The molecule has 3 heteroatoms. The van der Waals surface area contributed by atoms with Crippen LogP contribution >= 0.6 is 15.9 Å². The smallest absolute Gasteiger partial charge is 0.0776 e. The Labute approximate surface area is 164 Å². The first-order valence-electron chi connectivity index (χ1n) is 9.15. The van der Waals surface area contributed by atoms with Gasteiger partial charge in [-0.2, -0.15) is 5.10 Å². The number of hydrogen-bond acceptors (Lipinski definition) is 1. The second kappa shape index (κ2) is 5.82. The lowest BCUT2D eigenvalue weighted by atomic mass is 9.72. The van der Waals surface area contributed by atoms with Crippen LogP contribution in [0.3, 0.4) is 0 Å². The number of rotatable bonds is 1. The van der Waals surface area contributed by atoms with Crippen molar-refractivity contribution >= 4 is 15.9 Å². The van der Waals surface area contributed by atoms with Crippen LogP contribution in [0.2, 0.25) is 0 Å². The van der Waals surface area contributed by atoms with Crippen LogP contribution in [0, 0.1) is 0 Å². The van der Waals surface area contributed by atoms with E-state index in [1.165, 1.54) is 27.9 Å². The Morgan fingerprint density at radius 3 is 2.38 bits per heavy atom. The molecule has 3 aromatic rings. The van der Waals surface area contributed by atoms with Gasteiger partial charge in [0.25, 0.3) is 0 Å². The predicted octanol–water partition coefficient (Wildman–Crippen LogP) is 6.43. The van der Waals surface area contributed by atoms with Gasteiger partial charge in [-0.3, -0.25) is 0 Å². The highest BCUT2D eigenvalue weighted by Gasteiger charge is 2.33. The van der Waals surface area contributed by atoms with Gasteiger partial charge >= 0.3 is 0 Å². The van der Waals surface area contributed by atoms with Crippen molar-refractivity contribution in [3.05, 3.63) is 69.8 Å². The topological polar surface area (TPSA) is 17.8 Å². The van der Waals surface area contributed by atoms with E-state index in [4.69, 9.17) is 5.10 Å². The average Bonchev–Trinajstić information content (AvgIpc) is 2.96. The molecule has 0 fully saturated rings. The van der Waals surface area contributed by atoms with Gasteiger partial charge in [0.1, 0.15) is 0 Å². The van der Waals surface area contributed by atoms with E-state index < -0.39 is 0 Å². The Hall–Kier alpha value is -1.87. The molecule has 0 aliphatic heterocycles. The molecule has 0 saturated carbocycles. The lowest BCUT2D eigenvalue weighted by molar-refractivity contribution is 0.516. The largest absolute Gasteiger partial charge is 0.233 e. The SMILES string of the molecule is CC(C)(C)c1ccc(-n2ncc3c2-c2cc(Br)ccc2C(C)(C)C3)cc1. The molecule has 0 amide bonds. The summed E-state index contributed by atoms with van der Waals surface area (Å²) in [5.41, 5.74) is 7.95. The molecule has 1 aromatic heterocycles. The van der Waals surface area contributed by atoms with Crippen LogP contribution in [-0.2, 0) is 17.3 Å². The maximum absolute atomic E-state index is 4.76. The van der Waals surface area contributed by atoms with E-state index in [0.29, 0.717) is 0 Å². The van der Waals surface area contributed by atoms with Gasteiger partial charge in [-0.25, -0.2) is 4.68 Å². The zero-order valence-corrected chi connectivity index (χ0v) is 17.7. The highest BCUT2D eigenvalue weighted by molar-refractivity contribution is 9.10. The molecule has 134 valence electrons. The van der Waals surface area contributed by atoms with Crippen LogP contribution < -0.4 is 0 Å². The molecular weight excluding hydrogens is 384 g/mol. The Morgan fingerprint density at radius 2 is 1.73 bits per heavy atom. The van der Waals surface area contributed by atoms with Gasteiger partial charge in [-0.05, 0) is 58.2 Å². The quantitative estimate of drug-likeness (QED) is 0.453. The minimum atomic E-state index is 0.118. The Balaban J connectivity index is 1.88. The first-order valence-corrected chi connectivity index (χ1v) is 9.94. The molecule has 2 nitrogen and oxygen atoms in total. The second-order valence-electron chi connectivity index (χ2n) is 8.98. The van der Waals surface area contributed by atoms with Gasteiger partial charge in [0, 0.05) is 10.0 Å². The number of aromatic nitrogens is 2. The average molecular weight is 409 g/mol. The molecule has 0 bridgehead atoms. The Kier molecular flexibility index (Phi) is 3.92. The summed E-state index contributed by atoms with van der Waals surface area (Å²) in [4.78, 5) is 0. The molecule has 26 heavy (non-hydrogen) atoms. The van der Waals surface area contributed by atoms with E-state index in [-0.39, 0.29) is 10.8 Å². The van der Waals surface area contributed by atoms with Crippen molar-refractivity contribution in [3.63, 3.8) is 0 Å². The van der Waals surface area contributed by atoms with Crippen molar-refractivity contribution in [1.29, 1.82) is 0 Å². The summed E-state index contributed by atoms with van der Waals surface area (Å²) in [5, 5.41) is 4.76. The lowest BCUT2D eigenvalue weighted by Gasteiger charge is -2.33. The van der Waals surface area contributed by atoms with Crippen molar-refractivity contribution in [3.8, 4) is 16.9 Å². The van der Waals surface area contributed by atoms with Crippen molar-refractivity contribution in [1.82, 2.24) is 9.78 Å². The van der Waals surface area contributed by atoms with Gasteiger partial charge < -0.3 is 0 Å². The zero-order chi connectivity index (χ0) is 18.7. The summed E-state index contributed by atoms with van der Waals surface area (Å²) in [6, 6.07) is 15.4. The van der Waals surface area contributed by atoms with Crippen LogP contribution in [-0.4, -0.2) is 9.78 Å². The summed E-state index contributed by atoms with van der Waals surface area (Å²) in [6.45, 7) is 11.4. The normalized spacial score (nSPS) is 15.5. The van der Waals surface area contributed by atoms with Gasteiger partial charge in [0.15, 0.2) is 0 Å². The predicted molar refractivity (Wildman–Crippen MR) is 112 cm³/mol. The molecule has 0 N–H and O–H groups in total. The van der Waals surface area contributed by atoms with Crippen LogP contribution in [0.5, 0.6) is 0 Å². The fourth-order valence-corrected chi connectivity index (χ4v) is 4.33. The van der Waals surface area contributed by atoms with Crippen molar-refractivity contribution < 1.29 is 0 Å². The third kappa shape index (κ3) is 2.83. The number of benzene rings is 2. The van der Waals surface area contributed by atoms with Crippen molar-refractivity contribution in [2.24, 2.45) is 0 Å².